The Hall–Kier alpha value is -0.420. The lowest BCUT2D eigenvalue weighted by molar-refractivity contribution is -0.133. The number of sulfone groups is 1. The molecule has 5 heteroatoms. The minimum absolute atomic E-state index is 0.00167. The fourth-order valence-corrected chi connectivity index (χ4v) is 4.71. The first-order chi connectivity index (χ1) is 8.28. The Kier molecular flexibility index (Phi) is 4.24. The molecule has 0 spiro atoms. The molecule has 0 aliphatic carbocycles. The summed E-state index contributed by atoms with van der Waals surface area (Å²) in [5.41, 5.74) is -1.79. The van der Waals surface area contributed by atoms with Crippen molar-refractivity contribution in [1.29, 1.82) is 0 Å². The number of hydrogen-bond donors (Lipinski definition) is 1. The number of hydrogen-bond acceptors (Lipinski definition) is 4. The molecule has 0 amide bonds. The highest BCUT2D eigenvalue weighted by molar-refractivity contribution is 7.91. The molecule has 0 aromatic heterocycles. The highest BCUT2D eigenvalue weighted by Gasteiger charge is 2.49. The van der Waals surface area contributed by atoms with Gasteiger partial charge in [0.05, 0.1) is 17.0 Å². The third-order valence-corrected chi connectivity index (χ3v) is 5.10. The Morgan fingerprint density at radius 1 is 1.11 bits per heavy atom. The van der Waals surface area contributed by atoms with Crippen molar-refractivity contribution >= 4 is 15.6 Å². The minimum Gasteiger partial charge on any atom is -0.299 e. The Labute approximate surface area is 117 Å². The molecule has 0 saturated carbocycles. The van der Waals surface area contributed by atoms with E-state index in [1.54, 1.807) is 0 Å². The quantitative estimate of drug-likeness (QED) is 0.844. The van der Waals surface area contributed by atoms with E-state index in [-0.39, 0.29) is 22.8 Å². The largest absolute Gasteiger partial charge is 0.299 e. The first kappa shape index (κ1) is 16.6. The Balaban J connectivity index is 3.22. The molecule has 1 heterocycles. The van der Waals surface area contributed by atoms with Gasteiger partial charge in [-0.25, -0.2) is 8.42 Å². The van der Waals surface area contributed by atoms with Gasteiger partial charge >= 0.3 is 0 Å². The number of Topliss-reactive ketones (excluding diaryl/α,β-unsaturated/α-hetero) is 1. The topological polar surface area (TPSA) is 63.2 Å². The SMILES string of the molecule is CC(C)(C)NC1(C(=O)C(C)(C)C)CCCS(=O)(=O)C1. The normalized spacial score (nSPS) is 28.1. The molecule has 1 atom stereocenters. The van der Waals surface area contributed by atoms with Crippen LogP contribution in [-0.4, -0.2) is 36.8 Å². The molecule has 19 heavy (non-hydrogen) atoms. The third-order valence-electron chi connectivity index (χ3n) is 3.26. The van der Waals surface area contributed by atoms with Crippen LogP contribution in [0, 0.1) is 5.41 Å². The summed E-state index contributed by atoms with van der Waals surface area (Å²) in [5.74, 6) is 0.115. The van der Waals surface area contributed by atoms with Gasteiger partial charge in [0, 0.05) is 11.0 Å². The lowest BCUT2D eigenvalue weighted by Gasteiger charge is -2.44. The summed E-state index contributed by atoms with van der Waals surface area (Å²) >= 11 is 0. The van der Waals surface area contributed by atoms with Crippen molar-refractivity contribution in [3.05, 3.63) is 0 Å². The van der Waals surface area contributed by atoms with Crippen molar-refractivity contribution in [3.8, 4) is 0 Å². The summed E-state index contributed by atoms with van der Waals surface area (Å²) in [7, 11) is -3.15. The maximum Gasteiger partial charge on any atom is 0.159 e. The summed E-state index contributed by atoms with van der Waals surface area (Å²) in [5, 5.41) is 3.30. The standard InChI is InChI=1S/C14H27NO3S/c1-12(2,3)11(16)14(15-13(4,5)6)8-7-9-19(17,18)10-14/h15H,7-10H2,1-6H3. The third kappa shape index (κ3) is 4.28. The average Bonchev–Trinajstić information content (AvgIpc) is 2.10. The zero-order valence-electron chi connectivity index (χ0n) is 13.0. The van der Waals surface area contributed by atoms with Crippen LogP contribution in [0.4, 0.5) is 0 Å². The molecule has 1 N–H and O–H groups in total. The number of rotatable bonds is 2. The van der Waals surface area contributed by atoms with Crippen molar-refractivity contribution < 1.29 is 13.2 Å². The van der Waals surface area contributed by atoms with E-state index < -0.39 is 20.8 Å². The molecule has 1 saturated heterocycles. The number of carbonyl (C=O) groups excluding carboxylic acids is 1. The number of nitrogens with one attached hydrogen (secondary N) is 1. The zero-order valence-corrected chi connectivity index (χ0v) is 13.8. The molecule has 0 aromatic carbocycles. The lowest BCUT2D eigenvalue weighted by Crippen LogP contribution is -2.66. The second-order valence-corrected chi connectivity index (χ2v) is 9.92. The molecule has 0 bridgehead atoms. The molecule has 1 unspecified atom stereocenters. The second-order valence-electron chi connectivity index (χ2n) is 7.73. The number of ketones is 1. The van der Waals surface area contributed by atoms with E-state index in [0.29, 0.717) is 12.8 Å². The molecule has 1 aliphatic rings. The van der Waals surface area contributed by atoms with E-state index in [2.05, 4.69) is 5.32 Å². The van der Waals surface area contributed by atoms with Gasteiger partial charge in [-0.05, 0) is 33.6 Å². The van der Waals surface area contributed by atoms with Crippen LogP contribution in [0.2, 0.25) is 0 Å². The van der Waals surface area contributed by atoms with Gasteiger partial charge in [-0.15, -0.1) is 0 Å². The zero-order chi connectivity index (χ0) is 15.1. The molecule has 0 aromatic rings. The Morgan fingerprint density at radius 2 is 1.63 bits per heavy atom. The van der Waals surface area contributed by atoms with Crippen LogP contribution in [0.1, 0.15) is 54.4 Å². The van der Waals surface area contributed by atoms with Gasteiger partial charge in [0.1, 0.15) is 0 Å². The maximum absolute atomic E-state index is 12.8. The first-order valence-corrected chi connectivity index (χ1v) is 8.64. The van der Waals surface area contributed by atoms with Crippen molar-refractivity contribution in [3.63, 3.8) is 0 Å². The van der Waals surface area contributed by atoms with Crippen LogP contribution in [0.3, 0.4) is 0 Å². The Morgan fingerprint density at radius 3 is 2.00 bits per heavy atom. The number of carbonyl (C=O) groups is 1. The maximum atomic E-state index is 12.8. The van der Waals surface area contributed by atoms with E-state index in [4.69, 9.17) is 0 Å². The van der Waals surface area contributed by atoms with Crippen molar-refractivity contribution in [1.82, 2.24) is 5.32 Å². The molecule has 1 rings (SSSR count). The lowest BCUT2D eigenvalue weighted by atomic mass is 9.75. The van der Waals surface area contributed by atoms with Crippen LogP contribution in [0.25, 0.3) is 0 Å². The minimum atomic E-state index is -3.15. The molecule has 112 valence electrons. The molecule has 0 radical (unpaired) electrons. The summed E-state index contributed by atoms with van der Waals surface area (Å²) in [6.45, 7) is 11.4. The molecular formula is C14H27NO3S. The highest BCUT2D eigenvalue weighted by atomic mass is 32.2. The fraction of sp³-hybridized carbons (Fsp3) is 0.929. The van der Waals surface area contributed by atoms with Crippen LogP contribution >= 0.6 is 0 Å². The van der Waals surface area contributed by atoms with Gasteiger partial charge in [-0.2, -0.15) is 0 Å². The van der Waals surface area contributed by atoms with Crippen LogP contribution < -0.4 is 5.32 Å². The van der Waals surface area contributed by atoms with E-state index in [1.165, 1.54) is 0 Å². The summed E-state index contributed by atoms with van der Waals surface area (Å²) in [6.07, 6.45) is 1.15. The van der Waals surface area contributed by atoms with Gasteiger partial charge in [0.25, 0.3) is 0 Å². The second kappa shape index (κ2) is 4.85. The Bertz CT molecular complexity index is 454. The average molecular weight is 289 g/mol. The predicted octanol–water partition coefficient (Wildman–Crippen LogP) is 1.94. The first-order valence-electron chi connectivity index (χ1n) is 6.82. The monoisotopic (exact) mass is 289 g/mol. The van der Waals surface area contributed by atoms with Crippen LogP contribution in [0.15, 0.2) is 0 Å². The van der Waals surface area contributed by atoms with Gasteiger partial charge in [-0.1, -0.05) is 20.8 Å². The highest BCUT2D eigenvalue weighted by Crippen LogP contribution is 2.33. The van der Waals surface area contributed by atoms with E-state index >= 15 is 0 Å². The molecule has 1 aliphatic heterocycles. The van der Waals surface area contributed by atoms with Gasteiger partial charge < -0.3 is 0 Å². The smallest absolute Gasteiger partial charge is 0.159 e. The van der Waals surface area contributed by atoms with Crippen molar-refractivity contribution in [2.45, 2.75) is 65.5 Å². The van der Waals surface area contributed by atoms with Gasteiger partial charge in [0.15, 0.2) is 15.6 Å². The summed E-state index contributed by atoms with van der Waals surface area (Å²) in [6, 6.07) is 0. The summed E-state index contributed by atoms with van der Waals surface area (Å²) in [4.78, 5) is 12.8. The molecular weight excluding hydrogens is 262 g/mol. The van der Waals surface area contributed by atoms with Crippen LogP contribution in [-0.2, 0) is 14.6 Å². The molecule has 4 nitrogen and oxygen atoms in total. The van der Waals surface area contributed by atoms with Crippen molar-refractivity contribution in [2.24, 2.45) is 5.41 Å². The van der Waals surface area contributed by atoms with Crippen LogP contribution in [0.5, 0.6) is 0 Å². The van der Waals surface area contributed by atoms with E-state index in [1.807, 2.05) is 41.5 Å². The molecule has 1 fully saturated rings. The predicted molar refractivity (Wildman–Crippen MR) is 78.0 cm³/mol. The summed E-state index contributed by atoms with van der Waals surface area (Å²) < 4.78 is 24.0. The van der Waals surface area contributed by atoms with Crippen molar-refractivity contribution in [2.75, 3.05) is 11.5 Å². The van der Waals surface area contributed by atoms with Gasteiger partial charge in [0.2, 0.25) is 0 Å². The van der Waals surface area contributed by atoms with E-state index in [0.717, 1.165) is 0 Å². The van der Waals surface area contributed by atoms with E-state index in [9.17, 15) is 13.2 Å². The van der Waals surface area contributed by atoms with Gasteiger partial charge in [-0.3, -0.25) is 10.1 Å². The fourth-order valence-electron chi connectivity index (χ4n) is 2.88.